The molecule has 1 aromatic rings. The molecule has 0 saturated carbocycles. The summed E-state index contributed by atoms with van der Waals surface area (Å²) in [5.74, 6) is 0. The van der Waals surface area contributed by atoms with Gasteiger partial charge in [-0.3, -0.25) is 4.79 Å². The van der Waals surface area contributed by atoms with E-state index in [1.54, 1.807) is 17.8 Å². The number of fused-ring (bicyclic) bond motifs is 1. The van der Waals surface area contributed by atoms with Gasteiger partial charge in [-0.05, 0) is 31.2 Å². The van der Waals surface area contributed by atoms with Crippen molar-refractivity contribution in [3.05, 3.63) is 41.3 Å². The van der Waals surface area contributed by atoms with E-state index < -0.39 is 0 Å². The maximum Gasteiger partial charge on any atom is 0.142 e. The zero-order valence-corrected chi connectivity index (χ0v) is 12.2. The highest BCUT2D eigenvalue weighted by Gasteiger charge is 2.21. The zero-order valence-electron chi connectivity index (χ0n) is 11.4. The molecule has 0 amide bonds. The Morgan fingerprint density at radius 3 is 2.79 bits per heavy atom. The third-order valence-electron chi connectivity index (χ3n) is 2.99. The molecule has 0 bridgehead atoms. The number of anilines is 2. The van der Waals surface area contributed by atoms with Crippen LogP contribution in [0.1, 0.15) is 6.92 Å². The Morgan fingerprint density at radius 2 is 2.16 bits per heavy atom. The topological polar surface area (TPSA) is 32.3 Å². The predicted octanol–water partition coefficient (Wildman–Crippen LogP) is 3.30. The highest BCUT2D eigenvalue weighted by molar-refractivity contribution is 8.03. The lowest BCUT2D eigenvalue weighted by atomic mass is 10.2. The molecular formula is C15H18N2OS. The summed E-state index contributed by atoms with van der Waals surface area (Å²) in [6.45, 7) is 2.02. The van der Waals surface area contributed by atoms with E-state index in [0.717, 1.165) is 12.0 Å². The molecule has 0 saturated heterocycles. The number of nitrogens with zero attached hydrogens (tertiary/aromatic N) is 1. The number of nitrogens with one attached hydrogen (secondary N) is 1. The zero-order chi connectivity index (χ0) is 13.8. The maximum atomic E-state index is 10.5. The molecule has 0 aliphatic carbocycles. The van der Waals surface area contributed by atoms with Crippen molar-refractivity contribution in [1.82, 2.24) is 0 Å². The van der Waals surface area contributed by atoms with Crippen molar-refractivity contribution in [1.29, 1.82) is 0 Å². The molecule has 1 unspecified atom stereocenters. The summed E-state index contributed by atoms with van der Waals surface area (Å²) < 4.78 is 0. The number of allylic oxidation sites excluding steroid dienone is 2. The molecule has 1 atom stereocenters. The second-order valence-corrected chi connectivity index (χ2v) is 5.63. The second kappa shape index (κ2) is 5.97. The van der Waals surface area contributed by atoms with E-state index in [9.17, 15) is 4.79 Å². The molecule has 4 heteroatoms. The Labute approximate surface area is 118 Å². The standard InChI is InChI=1S/C15H18N2OS/c1-4-14-12(6-5-9-18)16-13-8-7-11(17(2)3)10-15(13)19-14/h4-10,12,16H,1-3H3/b6-5-,14-4+. The van der Waals surface area contributed by atoms with Crippen LogP contribution in [0.25, 0.3) is 0 Å². The van der Waals surface area contributed by atoms with E-state index in [1.165, 1.54) is 15.5 Å². The summed E-state index contributed by atoms with van der Waals surface area (Å²) in [6, 6.07) is 6.44. The molecule has 1 N–H and O–H groups in total. The second-order valence-electron chi connectivity index (χ2n) is 4.51. The molecule has 1 heterocycles. The van der Waals surface area contributed by atoms with Gasteiger partial charge >= 0.3 is 0 Å². The van der Waals surface area contributed by atoms with Gasteiger partial charge in [0.05, 0.1) is 6.04 Å². The number of carbonyl (C=O) groups excluding carboxylic acids is 1. The lowest BCUT2D eigenvalue weighted by Crippen LogP contribution is -2.22. The fourth-order valence-electron chi connectivity index (χ4n) is 1.96. The third-order valence-corrected chi connectivity index (χ3v) is 4.28. The highest BCUT2D eigenvalue weighted by atomic mass is 32.2. The minimum absolute atomic E-state index is 0.0814. The molecule has 1 aliphatic heterocycles. The molecule has 0 spiro atoms. The molecule has 19 heavy (non-hydrogen) atoms. The highest BCUT2D eigenvalue weighted by Crippen LogP contribution is 2.42. The Bertz CT molecular complexity index is 535. The average Bonchev–Trinajstić information content (AvgIpc) is 2.43. The summed E-state index contributed by atoms with van der Waals surface area (Å²) in [5.41, 5.74) is 2.30. The Morgan fingerprint density at radius 1 is 1.37 bits per heavy atom. The quantitative estimate of drug-likeness (QED) is 0.677. The van der Waals surface area contributed by atoms with Gasteiger partial charge in [0.15, 0.2) is 0 Å². The van der Waals surface area contributed by atoms with Crippen LogP contribution in [0.15, 0.2) is 46.2 Å². The van der Waals surface area contributed by atoms with Gasteiger partial charge in [-0.2, -0.15) is 0 Å². The maximum absolute atomic E-state index is 10.5. The van der Waals surface area contributed by atoms with Crippen LogP contribution in [0.4, 0.5) is 11.4 Å². The van der Waals surface area contributed by atoms with Crippen LogP contribution >= 0.6 is 11.8 Å². The van der Waals surface area contributed by atoms with Gasteiger partial charge in [-0.25, -0.2) is 0 Å². The van der Waals surface area contributed by atoms with Gasteiger partial charge < -0.3 is 10.2 Å². The molecular weight excluding hydrogens is 256 g/mol. The van der Waals surface area contributed by atoms with Crippen LogP contribution in [0.5, 0.6) is 0 Å². The lowest BCUT2D eigenvalue weighted by Gasteiger charge is -2.28. The van der Waals surface area contributed by atoms with Crippen molar-refractivity contribution >= 4 is 29.4 Å². The summed E-state index contributed by atoms with van der Waals surface area (Å²) in [6.07, 6.45) is 6.33. The van der Waals surface area contributed by atoms with E-state index in [1.807, 2.05) is 27.1 Å². The van der Waals surface area contributed by atoms with Gasteiger partial charge in [0.2, 0.25) is 0 Å². The minimum Gasteiger partial charge on any atom is -0.378 e. The van der Waals surface area contributed by atoms with Gasteiger partial charge in [0, 0.05) is 35.3 Å². The Balaban J connectivity index is 2.33. The normalized spacial score (nSPS) is 20.2. The lowest BCUT2D eigenvalue weighted by molar-refractivity contribution is -0.104. The summed E-state index contributed by atoms with van der Waals surface area (Å²) >= 11 is 1.75. The van der Waals surface area contributed by atoms with Crippen LogP contribution in [0.3, 0.4) is 0 Å². The van der Waals surface area contributed by atoms with Crippen LogP contribution in [-0.4, -0.2) is 26.4 Å². The fourth-order valence-corrected chi connectivity index (χ4v) is 3.01. The van der Waals surface area contributed by atoms with Crippen molar-refractivity contribution in [3.63, 3.8) is 0 Å². The molecule has 0 aromatic heterocycles. The molecule has 0 radical (unpaired) electrons. The number of aldehydes is 1. The van der Waals surface area contributed by atoms with E-state index in [4.69, 9.17) is 0 Å². The third kappa shape index (κ3) is 3.01. The van der Waals surface area contributed by atoms with Crippen LogP contribution < -0.4 is 10.2 Å². The van der Waals surface area contributed by atoms with Crippen LogP contribution in [-0.2, 0) is 4.79 Å². The van der Waals surface area contributed by atoms with Gasteiger partial charge in [0.25, 0.3) is 0 Å². The van der Waals surface area contributed by atoms with Crippen molar-refractivity contribution in [3.8, 4) is 0 Å². The number of carbonyl (C=O) groups is 1. The van der Waals surface area contributed by atoms with Crippen molar-refractivity contribution < 1.29 is 4.79 Å². The first kappa shape index (κ1) is 13.7. The minimum atomic E-state index is 0.0814. The number of benzene rings is 1. The van der Waals surface area contributed by atoms with E-state index in [2.05, 4.69) is 34.5 Å². The first-order valence-corrected chi connectivity index (χ1v) is 7.01. The van der Waals surface area contributed by atoms with Crippen LogP contribution in [0, 0.1) is 0 Å². The number of hydrogen-bond acceptors (Lipinski definition) is 4. The smallest absolute Gasteiger partial charge is 0.142 e. The molecule has 0 fully saturated rings. The van der Waals surface area contributed by atoms with E-state index in [-0.39, 0.29) is 6.04 Å². The fraction of sp³-hybridized carbons (Fsp3) is 0.267. The van der Waals surface area contributed by atoms with Gasteiger partial charge in [-0.1, -0.05) is 23.9 Å². The molecule has 1 aromatic carbocycles. The SMILES string of the molecule is C/C=C1/Sc2cc(N(C)C)ccc2NC1/C=C\C=O. The van der Waals surface area contributed by atoms with Crippen molar-refractivity contribution in [2.24, 2.45) is 0 Å². The molecule has 3 nitrogen and oxygen atoms in total. The number of thioether (sulfide) groups is 1. The summed E-state index contributed by atoms with van der Waals surface area (Å²) in [4.78, 5) is 15.0. The van der Waals surface area contributed by atoms with E-state index in [0.29, 0.717) is 0 Å². The van der Waals surface area contributed by atoms with Crippen molar-refractivity contribution in [2.75, 3.05) is 24.3 Å². The molecule has 2 rings (SSSR count). The monoisotopic (exact) mass is 274 g/mol. The average molecular weight is 274 g/mol. The Hall–Kier alpha value is -1.68. The summed E-state index contributed by atoms with van der Waals surface area (Å²) in [7, 11) is 4.07. The molecule has 100 valence electrons. The van der Waals surface area contributed by atoms with Crippen molar-refractivity contribution in [2.45, 2.75) is 17.9 Å². The first-order valence-electron chi connectivity index (χ1n) is 6.19. The summed E-state index contributed by atoms with van der Waals surface area (Å²) in [5, 5.41) is 3.45. The first-order chi connectivity index (χ1) is 9.15. The van der Waals surface area contributed by atoms with Gasteiger partial charge in [-0.15, -0.1) is 0 Å². The van der Waals surface area contributed by atoms with Crippen LogP contribution in [0.2, 0.25) is 0 Å². The Kier molecular flexibility index (Phi) is 4.32. The number of rotatable bonds is 3. The predicted molar refractivity (Wildman–Crippen MR) is 83.0 cm³/mol. The number of hydrogen-bond donors (Lipinski definition) is 1. The largest absolute Gasteiger partial charge is 0.378 e. The molecule has 1 aliphatic rings. The van der Waals surface area contributed by atoms with E-state index >= 15 is 0 Å². The van der Waals surface area contributed by atoms with Gasteiger partial charge in [0.1, 0.15) is 6.29 Å².